The fourth-order valence-electron chi connectivity index (χ4n) is 2.32. The molecule has 1 aromatic carbocycles. The Morgan fingerprint density at radius 3 is 2.77 bits per heavy atom. The number of nitrogens with two attached hydrogens (primary N) is 1. The van der Waals surface area contributed by atoms with Gasteiger partial charge in [0, 0.05) is 29.9 Å². The molecule has 0 aliphatic rings. The molecular formula is C16H19N3O3. The number of fused-ring (bicyclic) bond motifs is 1. The van der Waals surface area contributed by atoms with Crippen LogP contribution in [-0.4, -0.2) is 35.5 Å². The highest BCUT2D eigenvalue weighted by atomic mass is 16.2. The molecule has 2 rings (SSSR count). The first kappa shape index (κ1) is 15.9. The lowest BCUT2D eigenvalue weighted by Gasteiger charge is -2.13. The van der Waals surface area contributed by atoms with Crippen molar-refractivity contribution in [2.24, 2.45) is 5.73 Å². The van der Waals surface area contributed by atoms with E-state index in [4.69, 9.17) is 5.73 Å². The fraction of sp³-hybridized carbons (Fsp3) is 0.312. The maximum Gasteiger partial charge on any atom is 0.220 e. The Morgan fingerprint density at radius 2 is 2.05 bits per heavy atom. The quantitative estimate of drug-likeness (QED) is 0.624. The van der Waals surface area contributed by atoms with Gasteiger partial charge in [0.15, 0.2) is 0 Å². The molecule has 6 heteroatoms. The van der Waals surface area contributed by atoms with Gasteiger partial charge in [-0.2, -0.15) is 0 Å². The van der Waals surface area contributed by atoms with Crippen LogP contribution in [-0.2, 0) is 20.8 Å². The molecule has 0 radical (unpaired) electrons. The second-order valence-electron chi connectivity index (χ2n) is 5.21. The molecule has 6 nitrogen and oxygen atoms in total. The van der Waals surface area contributed by atoms with E-state index >= 15 is 0 Å². The van der Waals surface area contributed by atoms with Gasteiger partial charge in [0.2, 0.25) is 5.91 Å². The van der Waals surface area contributed by atoms with Crippen molar-refractivity contribution in [1.29, 1.82) is 0 Å². The minimum absolute atomic E-state index is 0.123. The average molecular weight is 301 g/mol. The molecule has 116 valence electrons. The topological polar surface area (TPSA) is 105 Å². The van der Waals surface area contributed by atoms with Gasteiger partial charge in [0.05, 0.1) is 12.1 Å². The van der Waals surface area contributed by atoms with Crippen molar-refractivity contribution < 1.29 is 14.4 Å². The summed E-state index contributed by atoms with van der Waals surface area (Å²) in [6, 6.07) is 6.53. The van der Waals surface area contributed by atoms with Gasteiger partial charge in [0.1, 0.15) is 12.6 Å². The number of hydrogen-bond acceptors (Lipinski definition) is 4. The molecule has 2 atom stereocenters. The Kier molecular flexibility index (Phi) is 5.43. The lowest BCUT2D eigenvalue weighted by Crippen LogP contribution is -2.38. The summed E-state index contributed by atoms with van der Waals surface area (Å²) in [6.45, 7) is 0. The molecule has 0 fully saturated rings. The zero-order chi connectivity index (χ0) is 15.9. The van der Waals surface area contributed by atoms with Crippen LogP contribution in [0.5, 0.6) is 0 Å². The first-order chi connectivity index (χ1) is 10.6. The zero-order valence-corrected chi connectivity index (χ0v) is 12.1. The van der Waals surface area contributed by atoms with Crippen molar-refractivity contribution in [2.75, 3.05) is 0 Å². The number of aromatic nitrogens is 1. The molecule has 0 aliphatic carbocycles. The van der Waals surface area contributed by atoms with Crippen molar-refractivity contribution in [3.05, 3.63) is 36.0 Å². The van der Waals surface area contributed by atoms with Crippen LogP contribution in [0, 0.1) is 0 Å². The van der Waals surface area contributed by atoms with E-state index in [1.807, 2.05) is 30.5 Å². The highest BCUT2D eigenvalue weighted by Gasteiger charge is 2.15. The van der Waals surface area contributed by atoms with Crippen LogP contribution in [0.3, 0.4) is 0 Å². The summed E-state index contributed by atoms with van der Waals surface area (Å²) in [4.78, 5) is 36.5. The van der Waals surface area contributed by atoms with Crippen LogP contribution in [0.4, 0.5) is 0 Å². The predicted molar refractivity (Wildman–Crippen MR) is 83.3 cm³/mol. The summed E-state index contributed by atoms with van der Waals surface area (Å²) < 4.78 is 0. The monoisotopic (exact) mass is 301 g/mol. The number of carbonyl (C=O) groups excluding carboxylic acids is 3. The Hall–Kier alpha value is -2.47. The lowest BCUT2D eigenvalue weighted by molar-refractivity contribution is -0.124. The van der Waals surface area contributed by atoms with Crippen molar-refractivity contribution in [3.63, 3.8) is 0 Å². The average Bonchev–Trinajstić information content (AvgIpc) is 2.95. The second-order valence-corrected chi connectivity index (χ2v) is 5.21. The molecule has 2 aromatic rings. The van der Waals surface area contributed by atoms with Crippen molar-refractivity contribution in [2.45, 2.75) is 31.3 Å². The Labute approximate surface area is 128 Å². The van der Waals surface area contributed by atoms with E-state index in [-0.39, 0.29) is 18.7 Å². The smallest absolute Gasteiger partial charge is 0.220 e. The number of para-hydroxylation sites is 1. The van der Waals surface area contributed by atoms with E-state index < -0.39 is 12.1 Å². The van der Waals surface area contributed by atoms with E-state index in [1.54, 1.807) is 0 Å². The zero-order valence-electron chi connectivity index (χ0n) is 12.1. The molecule has 0 unspecified atom stereocenters. The first-order valence-electron chi connectivity index (χ1n) is 7.14. The minimum Gasteiger partial charge on any atom is -0.361 e. The highest BCUT2D eigenvalue weighted by molar-refractivity contribution is 5.84. The van der Waals surface area contributed by atoms with Crippen LogP contribution >= 0.6 is 0 Å². The van der Waals surface area contributed by atoms with Gasteiger partial charge in [-0.15, -0.1) is 0 Å². The van der Waals surface area contributed by atoms with Gasteiger partial charge >= 0.3 is 0 Å². The summed E-state index contributed by atoms with van der Waals surface area (Å²) in [7, 11) is 0. The van der Waals surface area contributed by atoms with Crippen LogP contribution in [0.15, 0.2) is 30.5 Å². The molecule has 1 amide bonds. The number of aldehydes is 2. The molecule has 0 saturated heterocycles. The van der Waals surface area contributed by atoms with E-state index in [0.29, 0.717) is 12.7 Å². The number of amides is 1. The van der Waals surface area contributed by atoms with E-state index in [1.165, 1.54) is 0 Å². The number of H-pyrrole nitrogens is 1. The van der Waals surface area contributed by atoms with Crippen LogP contribution in [0.25, 0.3) is 10.9 Å². The molecule has 22 heavy (non-hydrogen) atoms. The summed E-state index contributed by atoms with van der Waals surface area (Å²) >= 11 is 0. The van der Waals surface area contributed by atoms with E-state index in [2.05, 4.69) is 10.3 Å². The number of benzene rings is 1. The molecular weight excluding hydrogens is 282 g/mol. The summed E-state index contributed by atoms with van der Waals surface area (Å²) in [5.41, 5.74) is 7.40. The molecule has 1 aromatic heterocycles. The van der Waals surface area contributed by atoms with Gasteiger partial charge in [-0.25, -0.2) is 0 Å². The van der Waals surface area contributed by atoms with Gasteiger partial charge in [-0.1, -0.05) is 18.2 Å². The second kappa shape index (κ2) is 7.51. The predicted octanol–water partition coefficient (Wildman–Crippen LogP) is 0.701. The maximum atomic E-state index is 11.8. The number of carbonyl (C=O) groups is 3. The SMILES string of the molecule is N[C@H](C=O)CCC(=O)N[C@H](C=O)Cc1c[nH]c2ccccc12. The third-order valence-corrected chi connectivity index (χ3v) is 3.50. The fourth-order valence-corrected chi connectivity index (χ4v) is 2.32. The highest BCUT2D eigenvalue weighted by Crippen LogP contribution is 2.18. The van der Waals surface area contributed by atoms with Crippen LogP contribution in [0.1, 0.15) is 18.4 Å². The number of nitrogens with one attached hydrogen (secondary N) is 2. The lowest BCUT2D eigenvalue weighted by atomic mass is 10.1. The summed E-state index contributed by atoms with van der Waals surface area (Å²) in [5, 5.41) is 3.69. The van der Waals surface area contributed by atoms with Gasteiger partial charge in [-0.3, -0.25) is 4.79 Å². The van der Waals surface area contributed by atoms with E-state index in [0.717, 1.165) is 22.8 Å². The van der Waals surface area contributed by atoms with E-state index in [9.17, 15) is 14.4 Å². The molecule has 0 saturated carbocycles. The number of aromatic amines is 1. The van der Waals surface area contributed by atoms with Gasteiger partial charge in [-0.05, 0) is 18.1 Å². The van der Waals surface area contributed by atoms with Gasteiger partial charge in [0.25, 0.3) is 0 Å². The van der Waals surface area contributed by atoms with Gasteiger partial charge < -0.3 is 25.6 Å². The molecule has 0 aliphatic heterocycles. The standard InChI is InChI=1S/C16H19N3O3/c17-12(9-20)5-6-16(22)19-13(10-21)7-11-8-18-15-4-2-1-3-14(11)15/h1-4,8-10,12-13,18H,5-7,17H2,(H,19,22)/t12-,13-/m0/s1. The number of rotatable bonds is 8. The molecule has 1 heterocycles. The Balaban J connectivity index is 1.96. The van der Waals surface area contributed by atoms with Crippen molar-refractivity contribution in [1.82, 2.24) is 10.3 Å². The molecule has 0 bridgehead atoms. The summed E-state index contributed by atoms with van der Waals surface area (Å²) in [6.07, 6.45) is 3.98. The third kappa shape index (κ3) is 4.02. The Bertz CT molecular complexity index is 665. The van der Waals surface area contributed by atoms with Crippen LogP contribution in [0.2, 0.25) is 0 Å². The van der Waals surface area contributed by atoms with Crippen LogP contribution < -0.4 is 11.1 Å². The number of hydrogen-bond donors (Lipinski definition) is 3. The normalized spacial score (nSPS) is 13.5. The Morgan fingerprint density at radius 1 is 1.27 bits per heavy atom. The molecule has 4 N–H and O–H groups in total. The summed E-state index contributed by atoms with van der Waals surface area (Å²) in [5.74, 6) is -0.283. The molecule has 0 spiro atoms. The maximum absolute atomic E-state index is 11.8. The first-order valence-corrected chi connectivity index (χ1v) is 7.14. The minimum atomic E-state index is -0.644. The van der Waals surface area contributed by atoms with Crippen molar-refractivity contribution in [3.8, 4) is 0 Å². The largest absolute Gasteiger partial charge is 0.361 e. The third-order valence-electron chi connectivity index (χ3n) is 3.50. The van der Waals surface area contributed by atoms with Crippen molar-refractivity contribution >= 4 is 29.4 Å².